The Balaban J connectivity index is 1.71. The van der Waals surface area contributed by atoms with E-state index in [-0.39, 0.29) is 11.7 Å². The number of carbonyl (C=O) groups excluding carboxylic acids is 1. The van der Waals surface area contributed by atoms with E-state index in [4.69, 9.17) is 16.3 Å². The van der Waals surface area contributed by atoms with Crippen molar-refractivity contribution >= 4 is 54.9 Å². The minimum absolute atomic E-state index is 0.247. The van der Waals surface area contributed by atoms with Crippen molar-refractivity contribution in [1.29, 1.82) is 0 Å². The van der Waals surface area contributed by atoms with Gasteiger partial charge in [0.25, 0.3) is 5.91 Å². The third-order valence-electron chi connectivity index (χ3n) is 4.87. The smallest absolute Gasteiger partial charge is 0.263 e. The summed E-state index contributed by atoms with van der Waals surface area (Å²) in [5.41, 5.74) is 0.501. The average molecular weight is 469 g/mol. The van der Waals surface area contributed by atoms with Gasteiger partial charge < -0.3 is 10.1 Å². The minimum Gasteiger partial charge on any atom is -0.381 e. The van der Waals surface area contributed by atoms with E-state index in [2.05, 4.69) is 21.2 Å². The molecule has 0 unspecified atom stereocenters. The Morgan fingerprint density at radius 1 is 1.22 bits per heavy atom. The number of benzene rings is 2. The van der Waals surface area contributed by atoms with Crippen LogP contribution < -0.4 is 5.32 Å². The second-order valence-corrected chi connectivity index (χ2v) is 8.89. The first kappa shape index (κ1) is 18.9. The van der Waals surface area contributed by atoms with Gasteiger partial charge in [-0.2, -0.15) is 0 Å². The standard InChI is InChI=1S/C20H16BrClFNO2S/c21-13-3-1-2-12(10-13)20(6-8-26-9-7-20)24-19(25)18-17(22)15-5-4-14(23)11-16(15)27-18/h1-5,10-11H,6-9H2,(H,24,25). The summed E-state index contributed by atoms with van der Waals surface area (Å²) >= 11 is 11.1. The molecule has 1 N–H and O–H groups in total. The predicted octanol–water partition coefficient (Wildman–Crippen LogP) is 5.89. The van der Waals surface area contributed by atoms with Crippen LogP contribution in [0.15, 0.2) is 46.9 Å². The number of halogens is 3. The van der Waals surface area contributed by atoms with Crippen LogP contribution in [0.1, 0.15) is 28.1 Å². The first-order valence-corrected chi connectivity index (χ1v) is 10.5. The third kappa shape index (κ3) is 3.63. The Morgan fingerprint density at radius 3 is 2.74 bits per heavy atom. The lowest BCUT2D eigenvalue weighted by atomic mass is 9.82. The van der Waals surface area contributed by atoms with Crippen molar-refractivity contribution in [3.05, 3.63) is 68.2 Å². The van der Waals surface area contributed by atoms with Crippen LogP contribution in [-0.4, -0.2) is 19.1 Å². The van der Waals surface area contributed by atoms with E-state index >= 15 is 0 Å². The molecule has 2 aromatic carbocycles. The normalized spacial score (nSPS) is 16.4. The van der Waals surface area contributed by atoms with Gasteiger partial charge >= 0.3 is 0 Å². The second-order valence-electron chi connectivity index (χ2n) is 6.54. The summed E-state index contributed by atoms with van der Waals surface area (Å²) in [6.07, 6.45) is 1.35. The molecule has 27 heavy (non-hydrogen) atoms. The summed E-state index contributed by atoms with van der Waals surface area (Å²) in [7, 11) is 0. The molecule has 0 saturated carbocycles. The second kappa shape index (κ2) is 7.51. The van der Waals surface area contributed by atoms with Crippen LogP contribution >= 0.6 is 38.9 Å². The molecule has 7 heteroatoms. The van der Waals surface area contributed by atoms with E-state index in [9.17, 15) is 9.18 Å². The lowest BCUT2D eigenvalue weighted by Gasteiger charge is -2.38. The highest BCUT2D eigenvalue weighted by molar-refractivity contribution is 9.10. The zero-order valence-corrected chi connectivity index (χ0v) is 17.4. The summed E-state index contributed by atoms with van der Waals surface area (Å²) in [6, 6.07) is 12.3. The van der Waals surface area contributed by atoms with Gasteiger partial charge in [0.15, 0.2) is 0 Å². The molecule has 1 aliphatic heterocycles. The molecule has 1 saturated heterocycles. The maximum atomic E-state index is 13.5. The molecule has 2 heterocycles. The van der Waals surface area contributed by atoms with Gasteiger partial charge in [0.05, 0.1) is 10.6 Å². The highest BCUT2D eigenvalue weighted by atomic mass is 79.9. The van der Waals surface area contributed by atoms with Crippen LogP contribution in [0.3, 0.4) is 0 Å². The number of amides is 1. The fourth-order valence-electron chi connectivity index (χ4n) is 3.45. The van der Waals surface area contributed by atoms with Gasteiger partial charge in [-0.1, -0.05) is 39.7 Å². The zero-order chi connectivity index (χ0) is 19.0. The van der Waals surface area contributed by atoms with E-state index in [0.29, 0.717) is 46.0 Å². The number of thiophene rings is 1. The van der Waals surface area contributed by atoms with Crippen molar-refractivity contribution in [2.24, 2.45) is 0 Å². The molecule has 1 aliphatic rings. The van der Waals surface area contributed by atoms with Crippen molar-refractivity contribution in [2.45, 2.75) is 18.4 Å². The van der Waals surface area contributed by atoms with Crippen LogP contribution in [0.4, 0.5) is 4.39 Å². The number of fused-ring (bicyclic) bond motifs is 1. The molecule has 0 aliphatic carbocycles. The fourth-order valence-corrected chi connectivity index (χ4v) is 5.29. The lowest BCUT2D eigenvalue weighted by molar-refractivity contribution is 0.0346. The highest BCUT2D eigenvalue weighted by Crippen LogP contribution is 2.38. The minimum atomic E-state index is -0.524. The number of hydrogen-bond donors (Lipinski definition) is 1. The van der Waals surface area contributed by atoms with Crippen LogP contribution in [-0.2, 0) is 10.3 Å². The van der Waals surface area contributed by atoms with Crippen molar-refractivity contribution < 1.29 is 13.9 Å². The van der Waals surface area contributed by atoms with Crippen molar-refractivity contribution in [1.82, 2.24) is 5.32 Å². The molecule has 1 amide bonds. The Labute approximate surface area is 173 Å². The SMILES string of the molecule is O=C(NC1(c2cccc(Br)c2)CCOCC1)c1sc2cc(F)ccc2c1Cl. The van der Waals surface area contributed by atoms with Gasteiger partial charge in [0.2, 0.25) is 0 Å². The highest BCUT2D eigenvalue weighted by Gasteiger charge is 2.37. The molecule has 4 rings (SSSR count). The molecule has 0 spiro atoms. The van der Waals surface area contributed by atoms with Gasteiger partial charge in [-0.05, 0) is 48.7 Å². The Bertz CT molecular complexity index is 1020. The average Bonchev–Trinajstić information content (AvgIpc) is 2.98. The molecular weight excluding hydrogens is 453 g/mol. The number of rotatable bonds is 3. The van der Waals surface area contributed by atoms with E-state index in [1.54, 1.807) is 6.07 Å². The first-order chi connectivity index (χ1) is 13.0. The largest absolute Gasteiger partial charge is 0.381 e. The van der Waals surface area contributed by atoms with Crippen LogP contribution in [0, 0.1) is 5.82 Å². The Kier molecular flexibility index (Phi) is 5.25. The molecule has 1 fully saturated rings. The van der Waals surface area contributed by atoms with E-state index < -0.39 is 5.54 Å². The molecule has 0 radical (unpaired) electrons. The van der Waals surface area contributed by atoms with E-state index in [1.807, 2.05) is 24.3 Å². The molecular formula is C20H16BrClFNO2S. The van der Waals surface area contributed by atoms with Crippen molar-refractivity contribution in [3.8, 4) is 0 Å². The molecule has 140 valence electrons. The van der Waals surface area contributed by atoms with Gasteiger partial charge in [-0.3, -0.25) is 4.79 Å². The number of ether oxygens (including phenoxy) is 1. The van der Waals surface area contributed by atoms with Crippen molar-refractivity contribution in [3.63, 3.8) is 0 Å². The first-order valence-electron chi connectivity index (χ1n) is 8.52. The zero-order valence-electron chi connectivity index (χ0n) is 14.2. The number of nitrogens with one attached hydrogen (secondary N) is 1. The van der Waals surface area contributed by atoms with Gasteiger partial charge in [0, 0.05) is 27.8 Å². The number of hydrogen-bond acceptors (Lipinski definition) is 3. The molecule has 3 nitrogen and oxygen atoms in total. The summed E-state index contributed by atoms with van der Waals surface area (Å²) in [5.74, 6) is -0.592. The lowest BCUT2D eigenvalue weighted by Crippen LogP contribution is -2.49. The van der Waals surface area contributed by atoms with Crippen LogP contribution in [0.25, 0.3) is 10.1 Å². The summed E-state index contributed by atoms with van der Waals surface area (Å²) < 4.78 is 20.7. The number of carbonyl (C=O) groups is 1. The van der Waals surface area contributed by atoms with Gasteiger partial charge in [-0.15, -0.1) is 11.3 Å². The topological polar surface area (TPSA) is 38.3 Å². The third-order valence-corrected chi connectivity index (χ3v) is 7.02. The van der Waals surface area contributed by atoms with E-state index in [1.165, 1.54) is 23.5 Å². The maximum absolute atomic E-state index is 13.5. The predicted molar refractivity (Wildman–Crippen MR) is 110 cm³/mol. The molecule has 0 bridgehead atoms. The summed E-state index contributed by atoms with van der Waals surface area (Å²) in [6.45, 7) is 1.14. The molecule has 1 aromatic heterocycles. The van der Waals surface area contributed by atoms with Gasteiger partial charge in [0.1, 0.15) is 10.7 Å². The van der Waals surface area contributed by atoms with Crippen molar-refractivity contribution in [2.75, 3.05) is 13.2 Å². The van der Waals surface area contributed by atoms with Gasteiger partial charge in [-0.25, -0.2) is 4.39 Å². The van der Waals surface area contributed by atoms with Crippen LogP contribution in [0.2, 0.25) is 5.02 Å². The van der Waals surface area contributed by atoms with E-state index in [0.717, 1.165) is 10.0 Å². The summed E-state index contributed by atoms with van der Waals surface area (Å²) in [5, 5.41) is 4.26. The molecule has 3 aromatic rings. The summed E-state index contributed by atoms with van der Waals surface area (Å²) in [4.78, 5) is 13.5. The maximum Gasteiger partial charge on any atom is 0.263 e. The Morgan fingerprint density at radius 2 is 2.00 bits per heavy atom. The fraction of sp³-hybridized carbons (Fsp3) is 0.250. The Hall–Kier alpha value is -1.47. The monoisotopic (exact) mass is 467 g/mol. The van der Waals surface area contributed by atoms with Crippen LogP contribution in [0.5, 0.6) is 0 Å². The quantitative estimate of drug-likeness (QED) is 0.520. The molecule has 0 atom stereocenters.